The molecule has 1 aliphatic rings. The number of carbonyl (C=O) groups is 1. The molecule has 17 heavy (non-hydrogen) atoms. The molecule has 92 valence electrons. The van der Waals surface area contributed by atoms with Crippen molar-refractivity contribution in [3.8, 4) is 5.75 Å². The molecule has 1 aromatic rings. The van der Waals surface area contributed by atoms with Crippen LogP contribution in [0.5, 0.6) is 5.75 Å². The van der Waals surface area contributed by atoms with E-state index in [0.29, 0.717) is 23.7 Å². The van der Waals surface area contributed by atoms with Gasteiger partial charge in [-0.25, -0.2) is 0 Å². The Morgan fingerprint density at radius 2 is 2.41 bits per heavy atom. The SMILES string of the molecule is COc1ccc(N)cc1NC(=O)[C@H]1CCCO1. The highest BCUT2D eigenvalue weighted by Crippen LogP contribution is 2.27. The molecular weight excluding hydrogens is 220 g/mol. The average Bonchev–Trinajstić information content (AvgIpc) is 2.83. The van der Waals surface area contributed by atoms with Crippen LogP contribution in [0.15, 0.2) is 18.2 Å². The van der Waals surface area contributed by atoms with Crippen molar-refractivity contribution in [3.63, 3.8) is 0 Å². The predicted molar refractivity (Wildman–Crippen MR) is 65.0 cm³/mol. The van der Waals surface area contributed by atoms with Crippen LogP contribution in [0.25, 0.3) is 0 Å². The number of nitrogen functional groups attached to an aromatic ring is 1. The summed E-state index contributed by atoms with van der Waals surface area (Å²) in [6, 6.07) is 5.12. The van der Waals surface area contributed by atoms with E-state index in [9.17, 15) is 4.79 Å². The molecule has 5 nitrogen and oxygen atoms in total. The number of ether oxygens (including phenoxy) is 2. The van der Waals surface area contributed by atoms with Crippen LogP contribution >= 0.6 is 0 Å². The first-order valence-corrected chi connectivity index (χ1v) is 5.56. The van der Waals surface area contributed by atoms with E-state index in [1.54, 1.807) is 25.3 Å². The van der Waals surface area contributed by atoms with Gasteiger partial charge in [-0.1, -0.05) is 0 Å². The fourth-order valence-electron chi connectivity index (χ4n) is 1.82. The van der Waals surface area contributed by atoms with E-state index < -0.39 is 0 Å². The topological polar surface area (TPSA) is 73.6 Å². The molecule has 1 amide bonds. The maximum atomic E-state index is 11.9. The number of nitrogens with two attached hydrogens (primary N) is 1. The lowest BCUT2D eigenvalue weighted by atomic mass is 10.2. The Hall–Kier alpha value is -1.75. The fraction of sp³-hybridized carbons (Fsp3) is 0.417. The van der Waals surface area contributed by atoms with Crippen LogP contribution in [0.1, 0.15) is 12.8 Å². The van der Waals surface area contributed by atoms with E-state index in [1.165, 1.54) is 0 Å². The molecule has 3 N–H and O–H groups in total. The van der Waals surface area contributed by atoms with E-state index in [0.717, 1.165) is 12.8 Å². The molecule has 0 spiro atoms. The number of amides is 1. The Kier molecular flexibility index (Phi) is 3.49. The second kappa shape index (κ2) is 5.05. The van der Waals surface area contributed by atoms with Crippen molar-refractivity contribution < 1.29 is 14.3 Å². The predicted octanol–water partition coefficient (Wildman–Crippen LogP) is 1.39. The van der Waals surface area contributed by atoms with Crippen LogP contribution in [-0.2, 0) is 9.53 Å². The van der Waals surface area contributed by atoms with Crippen LogP contribution in [0.3, 0.4) is 0 Å². The number of hydrogen-bond donors (Lipinski definition) is 2. The van der Waals surface area contributed by atoms with Gasteiger partial charge in [0.15, 0.2) is 0 Å². The molecule has 1 heterocycles. The second-order valence-electron chi connectivity index (χ2n) is 3.95. The van der Waals surface area contributed by atoms with Gasteiger partial charge in [0, 0.05) is 12.3 Å². The van der Waals surface area contributed by atoms with Crippen molar-refractivity contribution in [2.45, 2.75) is 18.9 Å². The molecule has 2 rings (SSSR count). The second-order valence-corrected chi connectivity index (χ2v) is 3.95. The Morgan fingerprint density at radius 3 is 3.06 bits per heavy atom. The first-order valence-electron chi connectivity index (χ1n) is 5.56. The smallest absolute Gasteiger partial charge is 0.253 e. The summed E-state index contributed by atoms with van der Waals surface area (Å²) in [6.07, 6.45) is 1.32. The number of nitrogens with one attached hydrogen (secondary N) is 1. The molecule has 5 heteroatoms. The Bertz CT molecular complexity index is 414. The highest BCUT2D eigenvalue weighted by atomic mass is 16.5. The molecule has 0 aromatic heterocycles. The molecule has 0 unspecified atom stereocenters. The van der Waals surface area contributed by atoms with Crippen LogP contribution < -0.4 is 15.8 Å². The molecule has 1 saturated heterocycles. The molecule has 0 bridgehead atoms. The Labute approximate surface area is 99.9 Å². The third-order valence-corrected chi connectivity index (χ3v) is 2.70. The highest BCUT2D eigenvalue weighted by molar-refractivity contribution is 5.96. The van der Waals surface area contributed by atoms with Gasteiger partial charge in [0.2, 0.25) is 0 Å². The van der Waals surface area contributed by atoms with Crippen molar-refractivity contribution in [3.05, 3.63) is 18.2 Å². The number of rotatable bonds is 3. The van der Waals surface area contributed by atoms with E-state index in [4.69, 9.17) is 15.2 Å². The Balaban J connectivity index is 2.11. The molecule has 0 saturated carbocycles. The summed E-state index contributed by atoms with van der Waals surface area (Å²) in [5, 5.41) is 2.78. The van der Waals surface area contributed by atoms with Gasteiger partial charge in [-0.05, 0) is 31.0 Å². The number of carbonyl (C=O) groups excluding carboxylic acids is 1. The van der Waals surface area contributed by atoms with Gasteiger partial charge < -0.3 is 20.5 Å². The van der Waals surface area contributed by atoms with Crippen molar-refractivity contribution in [1.82, 2.24) is 0 Å². The van der Waals surface area contributed by atoms with E-state index >= 15 is 0 Å². The molecule has 1 aromatic carbocycles. The zero-order valence-electron chi connectivity index (χ0n) is 9.73. The number of anilines is 2. The van der Waals surface area contributed by atoms with Crippen LogP contribution in [0.2, 0.25) is 0 Å². The maximum absolute atomic E-state index is 11.9. The largest absolute Gasteiger partial charge is 0.495 e. The zero-order valence-corrected chi connectivity index (χ0v) is 9.73. The third kappa shape index (κ3) is 2.68. The lowest BCUT2D eigenvalue weighted by Crippen LogP contribution is -2.27. The van der Waals surface area contributed by atoms with Crippen molar-refractivity contribution in [1.29, 1.82) is 0 Å². The number of methoxy groups -OCH3 is 1. The molecular formula is C12H16N2O3. The summed E-state index contributed by atoms with van der Waals surface area (Å²) < 4.78 is 10.5. The zero-order chi connectivity index (χ0) is 12.3. The molecule has 0 radical (unpaired) electrons. The van der Waals surface area contributed by atoms with Gasteiger partial charge in [0.1, 0.15) is 11.9 Å². The van der Waals surface area contributed by atoms with E-state index in [-0.39, 0.29) is 12.0 Å². The third-order valence-electron chi connectivity index (χ3n) is 2.70. The lowest BCUT2D eigenvalue weighted by Gasteiger charge is -2.13. The molecule has 1 atom stereocenters. The van der Waals surface area contributed by atoms with Crippen molar-refractivity contribution in [2.24, 2.45) is 0 Å². The summed E-state index contributed by atoms with van der Waals surface area (Å²) in [5.41, 5.74) is 6.83. The molecule has 1 fully saturated rings. The minimum Gasteiger partial charge on any atom is -0.495 e. The van der Waals surface area contributed by atoms with Crippen molar-refractivity contribution in [2.75, 3.05) is 24.8 Å². The normalized spacial score (nSPS) is 19.0. The van der Waals surface area contributed by atoms with Crippen molar-refractivity contribution >= 4 is 17.3 Å². The first-order chi connectivity index (χ1) is 8.20. The molecule has 0 aliphatic carbocycles. The maximum Gasteiger partial charge on any atom is 0.253 e. The monoisotopic (exact) mass is 236 g/mol. The summed E-state index contributed by atoms with van der Waals surface area (Å²) >= 11 is 0. The van der Waals surface area contributed by atoms with Crippen LogP contribution in [0.4, 0.5) is 11.4 Å². The summed E-state index contributed by atoms with van der Waals surface area (Å²) in [4.78, 5) is 11.9. The summed E-state index contributed by atoms with van der Waals surface area (Å²) in [7, 11) is 1.55. The van der Waals surface area contributed by atoms with Crippen LogP contribution in [-0.4, -0.2) is 25.7 Å². The fourth-order valence-corrected chi connectivity index (χ4v) is 1.82. The molecule has 1 aliphatic heterocycles. The lowest BCUT2D eigenvalue weighted by molar-refractivity contribution is -0.124. The van der Waals surface area contributed by atoms with Crippen LogP contribution in [0, 0.1) is 0 Å². The Morgan fingerprint density at radius 1 is 1.59 bits per heavy atom. The number of benzene rings is 1. The van der Waals surface area contributed by atoms with Gasteiger partial charge in [-0.3, -0.25) is 4.79 Å². The van der Waals surface area contributed by atoms with Gasteiger partial charge in [-0.2, -0.15) is 0 Å². The summed E-state index contributed by atoms with van der Waals surface area (Å²) in [6.45, 7) is 0.645. The standard InChI is InChI=1S/C12H16N2O3/c1-16-10-5-4-8(13)7-9(10)14-12(15)11-3-2-6-17-11/h4-5,7,11H,2-3,6,13H2,1H3,(H,14,15)/t11-/m1/s1. The van der Waals surface area contributed by atoms with Gasteiger partial charge in [0.25, 0.3) is 5.91 Å². The van der Waals surface area contributed by atoms with E-state index in [2.05, 4.69) is 5.32 Å². The van der Waals surface area contributed by atoms with E-state index in [1.807, 2.05) is 0 Å². The first kappa shape index (κ1) is 11.7. The number of hydrogen-bond acceptors (Lipinski definition) is 4. The quantitative estimate of drug-likeness (QED) is 0.778. The summed E-state index contributed by atoms with van der Waals surface area (Å²) in [5.74, 6) is 0.442. The minimum atomic E-state index is -0.360. The minimum absolute atomic E-state index is 0.147. The highest BCUT2D eigenvalue weighted by Gasteiger charge is 2.24. The van der Waals surface area contributed by atoms with Gasteiger partial charge in [0.05, 0.1) is 12.8 Å². The van der Waals surface area contributed by atoms with Gasteiger partial charge >= 0.3 is 0 Å². The average molecular weight is 236 g/mol. The van der Waals surface area contributed by atoms with Gasteiger partial charge in [-0.15, -0.1) is 0 Å².